The van der Waals surface area contributed by atoms with Crippen LogP contribution in [0.15, 0.2) is 36.4 Å². The first-order chi connectivity index (χ1) is 14.4. The second-order valence-corrected chi connectivity index (χ2v) is 9.28. The average Bonchev–Trinajstić information content (AvgIpc) is 3.17. The molecule has 1 aliphatic rings. The van der Waals surface area contributed by atoms with Crippen LogP contribution in [0.4, 0.5) is 5.69 Å². The number of hydrogen-bond donors (Lipinski definition) is 1. The molecular formula is C21H25ClN2O5S. The lowest BCUT2D eigenvalue weighted by molar-refractivity contribution is 0.0955. The Morgan fingerprint density at radius 3 is 2.77 bits per heavy atom. The van der Waals surface area contributed by atoms with Crippen LogP contribution in [0.1, 0.15) is 29.3 Å². The standard InChI is InChI=1S/C21H25ClN2O5S/c1-3-11-29-20-17(22)13-16(14-19(20)28-2)21(25)23-9-12-30(26,27)24-10-8-15-6-4-5-7-18(15)24/h4-7,13-14H,3,8-12H2,1-2H3,(H,23,25). The highest BCUT2D eigenvalue weighted by Gasteiger charge is 2.28. The van der Waals surface area contributed by atoms with Gasteiger partial charge in [0.25, 0.3) is 5.91 Å². The number of benzene rings is 2. The number of hydrogen-bond acceptors (Lipinski definition) is 5. The summed E-state index contributed by atoms with van der Waals surface area (Å²) in [7, 11) is -2.08. The molecule has 0 bridgehead atoms. The summed E-state index contributed by atoms with van der Waals surface area (Å²) in [5, 5.41) is 2.90. The lowest BCUT2D eigenvalue weighted by Crippen LogP contribution is -2.37. The fraction of sp³-hybridized carbons (Fsp3) is 0.381. The highest BCUT2D eigenvalue weighted by atomic mass is 35.5. The first-order valence-electron chi connectivity index (χ1n) is 9.74. The molecule has 1 heterocycles. The van der Waals surface area contributed by atoms with Gasteiger partial charge in [-0.15, -0.1) is 0 Å². The fourth-order valence-electron chi connectivity index (χ4n) is 3.30. The van der Waals surface area contributed by atoms with Gasteiger partial charge in [-0.3, -0.25) is 9.10 Å². The maximum Gasteiger partial charge on any atom is 0.251 e. The number of halogens is 1. The van der Waals surface area contributed by atoms with E-state index in [0.717, 1.165) is 12.0 Å². The molecule has 0 radical (unpaired) electrons. The molecule has 30 heavy (non-hydrogen) atoms. The highest BCUT2D eigenvalue weighted by Crippen LogP contribution is 2.36. The van der Waals surface area contributed by atoms with Crippen LogP contribution in [0.3, 0.4) is 0 Å². The summed E-state index contributed by atoms with van der Waals surface area (Å²) in [6.45, 7) is 2.84. The molecule has 0 unspecified atom stereocenters. The summed E-state index contributed by atoms with van der Waals surface area (Å²) in [5.41, 5.74) is 1.99. The predicted octanol–water partition coefficient (Wildman–Crippen LogP) is 3.26. The third kappa shape index (κ3) is 4.82. The predicted molar refractivity (Wildman–Crippen MR) is 117 cm³/mol. The van der Waals surface area contributed by atoms with Crippen LogP contribution in [-0.2, 0) is 16.4 Å². The van der Waals surface area contributed by atoms with E-state index in [4.69, 9.17) is 21.1 Å². The van der Waals surface area contributed by atoms with E-state index in [1.807, 2.05) is 25.1 Å². The Kier molecular flexibility index (Phi) is 7.10. The molecule has 0 fully saturated rings. The van der Waals surface area contributed by atoms with Gasteiger partial charge in [-0.1, -0.05) is 36.7 Å². The number of sulfonamides is 1. The van der Waals surface area contributed by atoms with Crippen molar-refractivity contribution in [1.82, 2.24) is 5.32 Å². The minimum atomic E-state index is -3.54. The lowest BCUT2D eigenvalue weighted by atomic mass is 10.2. The van der Waals surface area contributed by atoms with E-state index in [2.05, 4.69) is 5.32 Å². The van der Waals surface area contributed by atoms with Crippen molar-refractivity contribution >= 4 is 33.2 Å². The first kappa shape index (κ1) is 22.2. The van der Waals surface area contributed by atoms with Crippen molar-refractivity contribution in [3.05, 3.63) is 52.5 Å². The lowest BCUT2D eigenvalue weighted by Gasteiger charge is -2.19. The van der Waals surface area contributed by atoms with E-state index in [-0.39, 0.29) is 22.9 Å². The van der Waals surface area contributed by atoms with E-state index < -0.39 is 15.9 Å². The van der Waals surface area contributed by atoms with Crippen molar-refractivity contribution in [2.24, 2.45) is 0 Å². The monoisotopic (exact) mass is 452 g/mol. The van der Waals surface area contributed by atoms with Crippen molar-refractivity contribution < 1.29 is 22.7 Å². The highest BCUT2D eigenvalue weighted by molar-refractivity contribution is 7.92. The van der Waals surface area contributed by atoms with Crippen molar-refractivity contribution in [3.8, 4) is 11.5 Å². The Morgan fingerprint density at radius 1 is 1.27 bits per heavy atom. The van der Waals surface area contributed by atoms with Crippen molar-refractivity contribution in [2.75, 3.05) is 36.9 Å². The topological polar surface area (TPSA) is 84.9 Å². The normalized spacial score (nSPS) is 13.1. The molecule has 0 saturated heterocycles. The number of nitrogens with zero attached hydrogens (tertiary/aromatic N) is 1. The third-order valence-electron chi connectivity index (χ3n) is 4.77. The largest absolute Gasteiger partial charge is 0.493 e. The van der Waals surface area contributed by atoms with Gasteiger partial charge < -0.3 is 14.8 Å². The molecule has 162 valence electrons. The first-order valence-corrected chi connectivity index (χ1v) is 11.7. The third-order valence-corrected chi connectivity index (χ3v) is 6.82. The molecule has 0 aromatic heterocycles. The van der Waals surface area contributed by atoms with Gasteiger partial charge in [0.2, 0.25) is 10.0 Å². The second-order valence-electron chi connectivity index (χ2n) is 6.86. The van der Waals surface area contributed by atoms with E-state index in [1.165, 1.54) is 23.5 Å². The number of methoxy groups -OCH3 is 1. The summed E-state index contributed by atoms with van der Waals surface area (Å²) in [5.74, 6) is 0.0971. The molecule has 0 atom stereocenters. The summed E-state index contributed by atoms with van der Waals surface area (Å²) >= 11 is 6.25. The molecule has 3 rings (SSSR count). The maximum atomic E-state index is 12.7. The van der Waals surface area contributed by atoms with Gasteiger partial charge in [0.1, 0.15) is 0 Å². The number of carbonyl (C=O) groups is 1. The number of rotatable bonds is 9. The molecule has 1 N–H and O–H groups in total. The van der Waals surface area contributed by atoms with Crippen LogP contribution in [0.5, 0.6) is 11.5 Å². The number of carbonyl (C=O) groups excluding carboxylic acids is 1. The van der Waals surface area contributed by atoms with Gasteiger partial charge in [-0.25, -0.2) is 8.42 Å². The second kappa shape index (κ2) is 9.57. The van der Waals surface area contributed by atoms with Gasteiger partial charge in [-0.2, -0.15) is 0 Å². The van der Waals surface area contributed by atoms with Gasteiger partial charge in [-0.05, 0) is 36.6 Å². The number of nitrogens with one attached hydrogen (secondary N) is 1. The Morgan fingerprint density at radius 2 is 2.03 bits per heavy atom. The zero-order chi connectivity index (χ0) is 21.7. The summed E-state index contributed by atoms with van der Waals surface area (Å²) < 4.78 is 37.7. The van der Waals surface area contributed by atoms with Gasteiger partial charge in [0.05, 0.1) is 30.2 Å². The van der Waals surface area contributed by atoms with Gasteiger partial charge in [0, 0.05) is 18.7 Å². The van der Waals surface area contributed by atoms with Crippen LogP contribution < -0.4 is 19.1 Å². The minimum absolute atomic E-state index is 0.0200. The minimum Gasteiger partial charge on any atom is -0.493 e. The molecule has 1 amide bonds. The molecule has 0 aliphatic carbocycles. The molecule has 2 aromatic carbocycles. The number of fused-ring (bicyclic) bond motifs is 1. The van der Waals surface area contributed by atoms with Gasteiger partial charge >= 0.3 is 0 Å². The number of amides is 1. The molecule has 0 spiro atoms. The number of ether oxygens (including phenoxy) is 2. The van der Waals surface area contributed by atoms with Crippen LogP contribution in [0.2, 0.25) is 5.02 Å². The SMILES string of the molecule is CCCOc1c(Cl)cc(C(=O)NCCS(=O)(=O)N2CCc3ccccc32)cc1OC. The molecule has 0 saturated carbocycles. The maximum absolute atomic E-state index is 12.7. The van der Waals surface area contributed by atoms with Crippen molar-refractivity contribution in [3.63, 3.8) is 0 Å². The Balaban J connectivity index is 1.64. The quantitative estimate of drug-likeness (QED) is 0.631. The zero-order valence-electron chi connectivity index (χ0n) is 17.0. The number of anilines is 1. The molecule has 7 nitrogen and oxygen atoms in total. The molecule has 1 aliphatic heterocycles. The average molecular weight is 453 g/mol. The van der Waals surface area contributed by atoms with E-state index >= 15 is 0 Å². The van der Waals surface area contributed by atoms with Crippen LogP contribution >= 0.6 is 11.6 Å². The van der Waals surface area contributed by atoms with Crippen LogP contribution in [0, 0.1) is 0 Å². The van der Waals surface area contributed by atoms with Crippen molar-refractivity contribution in [1.29, 1.82) is 0 Å². The summed E-state index contributed by atoms with van der Waals surface area (Å²) in [4.78, 5) is 12.5. The van der Waals surface area contributed by atoms with E-state index in [1.54, 1.807) is 6.07 Å². The molecule has 9 heteroatoms. The Labute approximate surface area is 182 Å². The van der Waals surface area contributed by atoms with Crippen LogP contribution in [0.25, 0.3) is 0 Å². The molecular weight excluding hydrogens is 428 g/mol. The fourth-order valence-corrected chi connectivity index (χ4v) is 4.99. The molecule has 2 aromatic rings. The summed E-state index contributed by atoms with van der Waals surface area (Å²) in [6, 6.07) is 10.5. The Bertz CT molecular complexity index is 1030. The van der Waals surface area contributed by atoms with E-state index in [9.17, 15) is 13.2 Å². The number of para-hydroxylation sites is 1. The van der Waals surface area contributed by atoms with E-state index in [0.29, 0.717) is 36.8 Å². The Hall–Kier alpha value is -2.45. The van der Waals surface area contributed by atoms with Gasteiger partial charge in [0.15, 0.2) is 11.5 Å². The summed E-state index contributed by atoms with van der Waals surface area (Å²) in [6.07, 6.45) is 1.49. The van der Waals surface area contributed by atoms with Crippen molar-refractivity contribution in [2.45, 2.75) is 19.8 Å². The zero-order valence-corrected chi connectivity index (χ0v) is 18.6. The van der Waals surface area contributed by atoms with Crippen LogP contribution in [-0.4, -0.2) is 46.9 Å². The smallest absolute Gasteiger partial charge is 0.251 e.